The van der Waals surface area contributed by atoms with Crippen molar-refractivity contribution < 1.29 is 31.0 Å². The normalized spacial score (nSPS) is 11.1. The Morgan fingerprint density at radius 3 is 2.38 bits per heavy atom. The van der Waals surface area contributed by atoms with Crippen LogP contribution in [0.1, 0.15) is 28.6 Å². The van der Waals surface area contributed by atoms with Gasteiger partial charge in [0.1, 0.15) is 22.2 Å². The summed E-state index contributed by atoms with van der Waals surface area (Å²) >= 11 is 0. The first-order valence-electron chi connectivity index (χ1n) is 11.2. The van der Waals surface area contributed by atoms with Gasteiger partial charge in [-0.15, -0.1) is 0 Å². The summed E-state index contributed by atoms with van der Waals surface area (Å²) in [4.78, 5) is 25.7. The summed E-state index contributed by atoms with van der Waals surface area (Å²) in [7, 11) is -4.16. The lowest BCUT2D eigenvalue weighted by atomic mass is 10.1. The Morgan fingerprint density at radius 1 is 0.946 bits per heavy atom. The van der Waals surface area contributed by atoms with Gasteiger partial charge in [0.15, 0.2) is 0 Å². The second-order valence-corrected chi connectivity index (χ2v) is 9.69. The van der Waals surface area contributed by atoms with Crippen LogP contribution in [-0.4, -0.2) is 25.1 Å². The molecule has 0 aliphatic heterocycles. The number of anilines is 1. The molecule has 0 fully saturated rings. The number of halogens is 1. The minimum atomic E-state index is -4.16. The standard InChI is InChI=1S/C27H23FN2O6S/c1-19(31)29-23-10-12-26(13-11-23)37(33,34)36-24-8-2-5-20(15-24)17-30(18-25-9-4-14-35-25)27(32)21-6-3-7-22(28)16-21/h2-16H,17-18H2,1H3,(H,29,31). The second-order valence-electron chi connectivity index (χ2n) is 8.14. The first-order valence-corrected chi connectivity index (χ1v) is 12.6. The molecule has 8 nitrogen and oxygen atoms in total. The van der Waals surface area contributed by atoms with Gasteiger partial charge in [0.25, 0.3) is 5.91 Å². The maximum absolute atomic E-state index is 13.7. The highest BCUT2D eigenvalue weighted by atomic mass is 32.2. The topological polar surface area (TPSA) is 106 Å². The molecule has 0 bridgehead atoms. The molecule has 0 spiro atoms. The Balaban J connectivity index is 1.54. The quantitative estimate of drug-likeness (QED) is 0.311. The molecule has 190 valence electrons. The van der Waals surface area contributed by atoms with E-state index in [1.54, 1.807) is 24.3 Å². The predicted octanol–water partition coefficient (Wildman–Crippen LogP) is 4.99. The predicted molar refractivity (Wildman–Crippen MR) is 134 cm³/mol. The average Bonchev–Trinajstić information content (AvgIpc) is 3.36. The van der Waals surface area contributed by atoms with Gasteiger partial charge in [0.05, 0.1) is 12.8 Å². The third kappa shape index (κ3) is 6.83. The van der Waals surface area contributed by atoms with Crippen LogP contribution in [0.15, 0.2) is 101 Å². The van der Waals surface area contributed by atoms with E-state index in [9.17, 15) is 22.4 Å². The molecule has 0 radical (unpaired) electrons. The van der Waals surface area contributed by atoms with Gasteiger partial charge in [0, 0.05) is 24.7 Å². The van der Waals surface area contributed by atoms with Crippen molar-refractivity contribution in [3.05, 3.63) is 114 Å². The number of carbonyl (C=O) groups is 2. The summed E-state index contributed by atoms with van der Waals surface area (Å²) in [5.41, 5.74) is 1.21. The van der Waals surface area contributed by atoms with Crippen molar-refractivity contribution in [2.24, 2.45) is 0 Å². The lowest BCUT2D eigenvalue weighted by Gasteiger charge is -2.22. The van der Waals surface area contributed by atoms with Gasteiger partial charge in [-0.05, 0) is 72.3 Å². The van der Waals surface area contributed by atoms with E-state index < -0.39 is 21.8 Å². The van der Waals surface area contributed by atoms with Gasteiger partial charge in [0.2, 0.25) is 5.91 Å². The number of hydrogen-bond donors (Lipinski definition) is 1. The molecule has 0 atom stereocenters. The lowest BCUT2D eigenvalue weighted by molar-refractivity contribution is -0.114. The summed E-state index contributed by atoms with van der Waals surface area (Å²) in [5, 5.41) is 2.56. The largest absolute Gasteiger partial charge is 0.467 e. The van der Waals surface area contributed by atoms with Crippen LogP contribution in [0.25, 0.3) is 0 Å². The van der Waals surface area contributed by atoms with Crippen molar-refractivity contribution in [3.63, 3.8) is 0 Å². The van der Waals surface area contributed by atoms with Crippen LogP contribution < -0.4 is 9.50 Å². The fourth-order valence-electron chi connectivity index (χ4n) is 3.59. The highest BCUT2D eigenvalue weighted by molar-refractivity contribution is 7.87. The van der Waals surface area contributed by atoms with Gasteiger partial charge in [-0.2, -0.15) is 8.42 Å². The molecule has 37 heavy (non-hydrogen) atoms. The van der Waals surface area contributed by atoms with Crippen molar-refractivity contribution >= 4 is 27.6 Å². The molecule has 0 saturated heterocycles. The smallest absolute Gasteiger partial charge is 0.339 e. The molecule has 0 unspecified atom stereocenters. The zero-order chi connectivity index (χ0) is 26.4. The van der Waals surface area contributed by atoms with E-state index >= 15 is 0 Å². The number of rotatable bonds is 9. The molecular weight excluding hydrogens is 499 g/mol. The zero-order valence-corrected chi connectivity index (χ0v) is 20.6. The molecule has 0 aliphatic rings. The average molecular weight is 523 g/mol. The first-order chi connectivity index (χ1) is 17.7. The maximum atomic E-state index is 13.7. The zero-order valence-electron chi connectivity index (χ0n) is 19.8. The first kappa shape index (κ1) is 25.6. The van der Waals surface area contributed by atoms with E-state index in [4.69, 9.17) is 8.60 Å². The maximum Gasteiger partial charge on any atom is 0.339 e. The second kappa shape index (κ2) is 11.1. The van der Waals surface area contributed by atoms with E-state index in [0.717, 1.165) is 6.07 Å². The number of nitrogens with zero attached hydrogens (tertiary/aromatic N) is 1. The van der Waals surface area contributed by atoms with Crippen molar-refractivity contribution in [2.75, 3.05) is 5.32 Å². The summed E-state index contributed by atoms with van der Waals surface area (Å²) in [6, 6.07) is 20.7. The van der Waals surface area contributed by atoms with Crippen LogP contribution >= 0.6 is 0 Å². The fraction of sp³-hybridized carbons (Fsp3) is 0.111. The van der Waals surface area contributed by atoms with Crippen LogP contribution in [0.4, 0.5) is 10.1 Å². The SMILES string of the molecule is CC(=O)Nc1ccc(S(=O)(=O)Oc2cccc(CN(Cc3ccco3)C(=O)c3cccc(F)c3)c2)cc1. The van der Waals surface area contributed by atoms with Gasteiger partial charge in [-0.25, -0.2) is 4.39 Å². The van der Waals surface area contributed by atoms with E-state index in [0.29, 0.717) is 17.0 Å². The van der Waals surface area contributed by atoms with Gasteiger partial charge >= 0.3 is 10.1 Å². The molecule has 10 heteroatoms. The van der Waals surface area contributed by atoms with Crippen molar-refractivity contribution in [1.82, 2.24) is 4.90 Å². The molecule has 0 saturated carbocycles. The molecule has 1 N–H and O–H groups in total. The number of carbonyl (C=O) groups excluding carboxylic acids is 2. The Hall–Kier alpha value is -4.44. The van der Waals surface area contributed by atoms with Crippen molar-refractivity contribution in [1.29, 1.82) is 0 Å². The highest BCUT2D eigenvalue weighted by Crippen LogP contribution is 2.23. The fourth-order valence-corrected chi connectivity index (χ4v) is 4.52. The number of benzene rings is 3. The molecular formula is C27H23FN2O6S. The summed E-state index contributed by atoms with van der Waals surface area (Å²) in [6.07, 6.45) is 1.49. The Morgan fingerprint density at radius 2 is 1.70 bits per heavy atom. The van der Waals surface area contributed by atoms with Crippen LogP contribution in [0.2, 0.25) is 0 Å². The Bertz CT molecular complexity index is 1500. The number of amides is 2. The molecule has 1 aromatic heterocycles. The van der Waals surface area contributed by atoms with E-state index in [-0.39, 0.29) is 35.2 Å². The van der Waals surface area contributed by atoms with Gasteiger partial charge in [-0.3, -0.25) is 9.59 Å². The summed E-state index contributed by atoms with van der Waals surface area (Å²) in [6.45, 7) is 1.55. The lowest BCUT2D eigenvalue weighted by Crippen LogP contribution is -2.30. The molecule has 2 amide bonds. The van der Waals surface area contributed by atoms with Gasteiger partial charge in [-0.1, -0.05) is 18.2 Å². The van der Waals surface area contributed by atoms with E-state index in [1.807, 2.05) is 0 Å². The van der Waals surface area contributed by atoms with E-state index in [1.165, 1.54) is 72.7 Å². The molecule has 1 heterocycles. The minimum Gasteiger partial charge on any atom is -0.467 e. The number of furan rings is 1. The van der Waals surface area contributed by atoms with Gasteiger partial charge < -0.3 is 18.8 Å². The minimum absolute atomic E-state index is 0.0552. The van der Waals surface area contributed by atoms with Crippen LogP contribution in [0.3, 0.4) is 0 Å². The van der Waals surface area contributed by atoms with Crippen LogP contribution in [-0.2, 0) is 28.0 Å². The summed E-state index contributed by atoms with van der Waals surface area (Å²) < 4.78 is 50.0. The third-order valence-electron chi connectivity index (χ3n) is 5.23. The third-order valence-corrected chi connectivity index (χ3v) is 6.49. The Labute approximate surface area is 213 Å². The van der Waals surface area contributed by atoms with Crippen molar-refractivity contribution in [2.45, 2.75) is 24.9 Å². The monoisotopic (exact) mass is 522 g/mol. The molecule has 3 aromatic carbocycles. The van der Waals surface area contributed by atoms with Crippen LogP contribution in [0.5, 0.6) is 5.75 Å². The van der Waals surface area contributed by atoms with E-state index in [2.05, 4.69) is 5.32 Å². The Kier molecular flexibility index (Phi) is 7.69. The molecule has 4 aromatic rings. The number of nitrogens with one attached hydrogen (secondary N) is 1. The van der Waals surface area contributed by atoms with Crippen molar-refractivity contribution in [3.8, 4) is 5.75 Å². The summed E-state index contributed by atoms with van der Waals surface area (Å²) in [5.74, 6) is -0.647. The molecule has 4 rings (SSSR count). The van der Waals surface area contributed by atoms with Crippen LogP contribution in [0, 0.1) is 5.82 Å². The number of hydrogen-bond acceptors (Lipinski definition) is 6. The highest BCUT2D eigenvalue weighted by Gasteiger charge is 2.20. The molecule has 0 aliphatic carbocycles.